The molecule has 0 saturated heterocycles. The Hall–Kier alpha value is -0.633. The lowest BCUT2D eigenvalue weighted by atomic mass is 10.9. The van der Waals surface area contributed by atoms with Crippen LogP contribution in [-0.2, 0) is 13.3 Å². The Bertz CT molecular complexity index is 148. The highest BCUT2D eigenvalue weighted by molar-refractivity contribution is 6.59. The van der Waals surface area contributed by atoms with Crippen molar-refractivity contribution < 1.29 is 18.1 Å². The third-order valence-electron chi connectivity index (χ3n) is 1.22. The van der Waals surface area contributed by atoms with Crippen molar-refractivity contribution in [3.8, 4) is 0 Å². The fraction of sp³-hybridized carbons (Fsp3) is 0.875. The van der Waals surface area contributed by atoms with E-state index in [-0.39, 0.29) is 0 Å². The third-order valence-corrected chi connectivity index (χ3v) is 3.66. The first-order valence-corrected chi connectivity index (χ1v) is 7.11. The predicted octanol–water partition coefficient (Wildman–Crippen LogP) is 0.688. The molecule has 0 heterocycles. The Balaban J connectivity index is 0. The zero-order valence-corrected chi connectivity index (χ0v) is 10.9. The van der Waals surface area contributed by atoms with Crippen LogP contribution >= 0.6 is 0 Å². The van der Waals surface area contributed by atoms with E-state index in [1.165, 1.54) is 0 Å². The van der Waals surface area contributed by atoms with Crippen molar-refractivity contribution in [2.45, 2.75) is 27.3 Å². The van der Waals surface area contributed by atoms with Crippen LogP contribution in [0.5, 0.6) is 0 Å². The second-order valence-electron chi connectivity index (χ2n) is 2.56. The Labute approximate surface area is 92.2 Å². The zero-order valence-electron chi connectivity index (χ0n) is 9.91. The van der Waals surface area contributed by atoms with E-state index in [1.54, 1.807) is 0 Å². The molecule has 0 aliphatic carbocycles. The number of carbonyl (C=O) groups is 1. The number of carbonyl (C=O) groups excluding carboxylic acids is 1. The summed E-state index contributed by atoms with van der Waals surface area (Å²) in [5.41, 5.74) is 8.50. The Morgan fingerprint density at radius 3 is 1.33 bits per heavy atom. The van der Waals surface area contributed by atoms with E-state index >= 15 is 0 Å². The van der Waals surface area contributed by atoms with Gasteiger partial charge in [-0.05, 0) is 20.8 Å². The Morgan fingerprint density at radius 2 is 1.20 bits per heavy atom. The van der Waals surface area contributed by atoms with Crippen molar-refractivity contribution in [3.05, 3.63) is 0 Å². The van der Waals surface area contributed by atoms with Crippen molar-refractivity contribution >= 4 is 14.8 Å². The van der Waals surface area contributed by atoms with E-state index in [2.05, 4.69) is 11.5 Å². The van der Waals surface area contributed by atoms with Crippen LogP contribution in [-0.4, -0.2) is 34.7 Å². The molecule has 0 bridgehead atoms. The molecule has 0 saturated carbocycles. The summed E-state index contributed by atoms with van der Waals surface area (Å²) < 4.78 is 16.2. The molecule has 2 amide bonds. The monoisotopic (exact) mass is 238 g/mol. The maximum Gasteiger partial charge on any atom is 0.497 e. The first-order chi connectivity index (χ1) is 6.91. The van der Waals surface area contributed by atoms with Crippen LogP contribution in [0.25, 0.3) is 0 Å². The van der Waals surface area contributed by atoms with Gasteiger partial charge in [-0.15, -0.1) is 0 Å². The molecule has 92 valence electrons. The molecule has 0 spiro atoms. The zero-order chi connectivity index (χ0) is 12.3. The highest BCUT2D eigenvalue weighted by Crippen LogP contribution is 2.08. The summed E-state index contributed by atoms with van der Waals surface area (Å²) in [4.78, 5) is 9.00. The van der Waals surface area contributed by atoms with Gasteiger partial charge >= 0.3 is 14.8 Å². The molecule has 0 atom stereocenters. The minimum Gasteiger partial charge on any atom is -0.374 e. The molecule has 0 fully saturated rings. The highest BCUT2D eigenvalue weighted by Gasteiger charge is 2.32. The summed E-state index contributed by atoms with van der Waals surface area (Å²) in [5.74, 6) is 0. The molecular formula is C8H22N2O4Si. The van der Waals surface area contributed by atoms with Crippen LogP contribution in [0.4, 0.5) is 4.79 Å². The molecule has 0 unspecified atom stereocenters. The maximum absolute atomic E-state index is 9.00. The summed E-state index contributed by atoms with van der Waals surface area (Å²) in [5, 5.41) is 0. The topological polar surface area (TPSA) is 96.8 Å². The predicted molar refractivity (Wildman–Crippen MR) is 60.3 cm³/mol. The van der Waals surface area contributed by atoms with E-state index < -0.39 is 14.8 Å². The fourth-order valence-electron chi connectivity index (χ4n) is 0.912. The smallest absolute Gasteiger partial charge is 0.374 e. The van der Waals surface area contributed by atoms with Gasteiger partial charge in [0, 0.05) is 26.4 Å². The number of hydrogen-bond acceptors (Lipinski definition) is 4. The summed E-state index contributed by atoms with van der Waals surface area (Å²) >= 11 is 0. The van der Waals surface area contributed by atoms with Crippen molar-refractivity contribution in [1.29, 1.82) is 0 Å². The molecule has 7 heteroatoms. The van der Waals surface area contributed by atoms with Crippen molar-refractivity contribution in [3.63, 3.8) is 0 Å². The van der Waals surface area contributed by atoms with E-state index in [0.29, 0.717) is 19.8 Å². The summed E-state index contributed by atoms with van der Waals surface area (Å²) in [6.45, 7) is 9.73. The first kappa shape index (κ1) is 16.8. The number of primary amides is 2. The van der Waals surface area contributed by atoms with E-state index in [9.17, 15) is 0 Å². The van der Waals surface area contributed by atoms with Crippen molar-refractivity contribution in [2.75, 3.05) is 19.8 Å². The summed E-state index contributed by atoms with van der Waals surface area (Å²) in [6.07, 6.45) is 0. The lowest BCUT2D eigenvalue weighted by molar-refractivity contribution is 0.0783. The molecule has 0 aliphatic rings. The van der Waals surface area contributed by atoms with Gasteiger partial charge < -0.3 is 24.7 Å². The highest BCUT2D eigenvalue weighted by atomic mass is 28.4. The van der Waals surface area contributed by atoms with E-state index in [1.807, 2.05) is 27.3 Å². The van der Waals surface area contributed by atoms with Gasteiger partial charge in [0.2, 0.25) is 0 Å². The molecule has 0 rings (SSSR count). The van der Waals surface area contributed by atoms with Gasteiger partial charge in [0.05, 0.1) is 0 Å². The molecule has 0 aromatic heterocycles. The number of hydrogen-bond donors (Lipinski definition) is 2. The lowest BCUT2D eigenvalue weighted by Gasteiger charge is -2.23. The molecule has 4 N–H and O–H groups in total. The fourth-order valence-corrected chi connectivity index (χ4v) is 2.73. The first-order valence-electron chi connectivity index (χ1n) is 4.88. The van der Waals surface area contributed by atoms with Gasteiger partial charge in [0.1, 0.15) is 0 Å². The van der Waals surface area contributed by atoms with E-state index in [4.69, 9.17) is 18.1 Å². The SMILES string of the molecule is CCO[Si](C)(OCC)OCC.NC(N)=O. The minimum absolute atomic E-state index is 0.655. The standard InChI is InChI=1S/C7H18O3Si.CH4N2O/c1-5-8-11(4,9-6-2)10-7-3;2-1(3)4/h5-7H2,1-4H3;(H4,2,3,4). The summed E-state index contributed by atoms with van der Waals surface area (Å²) in [6, 6.07) is -0.833. The van der Waals surface area contributed by atoms with Gasteiger partial charge in [0.15, 0.2) is 0 Å². The normalized spacial score (nSPS) is 10.4. The van der Waals surface area contributed by atoms with Crippen LogP contribution in [0, 0.1) is 0 Å². The molecule has 0 aromatic rings. The van der Waals surface area contributed by atoms with Crippen LogP contribution in [0.3, 0.4) is 0 Å². The van der Waals surface area contributed by atoms with Gasteiger partial charge in [-0.1, -0.05) is 0 Å². The van der Waals surface area contributed by atoms with Crippen LogP contribution < -0.4 is 11.5 Å². The number of amides is 2. The number of rotatable bonds is 6. The lowest BCUT2D eigenvalue weighted by Crippen LogP contribution is -2.42. The second-order valence-corrected chi connectivity index (χ2v) is 5.15. The molecule has 0 radical (unpaired) electrons. The van der Waals surface area contributed by atoms with E-state index in [0.717, 1.165) is 0 Å². The molecule has 6 nitrogen and oxygen atoms in total. The Kier molecular flexibility index (Phi) is 11.1. The number of urea groups is 1. The van der Waals surface area contributed by atoms with Gasteiger partial charge in [0.25, 0.3) is 0 Å². The third kappa shape index (κ3) is 13.4. The summed E-state index contributed by atoms with van der Waals surface area (Å²) in [7, 11) is -2.25. The van der Waals surface area contributed by atoms with Crippen molar-refractivity contribution in [1.82, 2.24) is 0 Å². The maximum atomic E-state index is 9.00. The van der Waals surface area contributed by atoms with Crippen molar-refractivity contribution in [2.24, 2.45) is 11.5 Å². The molecule has 0 aliphatic heterocycles. The molecule has 0 aromatic carbocycles. The molecular weight excluding hydrogens is 216 g/mol. The Morgan fingerprint density at radius 1 is 1.00 bits per heavy atom. The second kappa shape index (κ2) is 9.90. The largest absolute Gasteiger partial charge is 0.497 e. The van der Waals surface area contributed by atoms with Gasteiger partial charge in [-0.3, -0.25) is 0 Å². The average Bonchev–Trinajstić information content (AvgIpc) is 2.03. The minimum atomic E-state index is -2.25. The van der Waals surface area contributed by atoms with Crippen LogP contribution in [0.15, 0.2) is 0 Å². The van der Waals surface area contributed by atoms with Gasteiger partial charge in [-0.2, -0.15) is 0 Å². The van der Waals surface area contributed by atoms with Gasteiger partial charge in [-0.25, -0.2) is 4.79 Å². The molecule has 15 heavy (non-hydrogen) atoms. The average molecular weight is 238 g/mol. The van der Waals surface area contributed by atoms with Crippen LogP contribution in [0.2, 0.25) is 6.55 Å². The number of nitrogens with two attached hydrogens (primary N) is 2. The van der Waals surface area contributed by atoms with Crippen LogP contribution in [0.1, 0.15) is 20.8 Å². The quantitative estimate of drug-likeness (QED) is 0.665.